The first-order valence-electron chi connectivity index (χ1n) is 12.3. The molecule has 0 spiro atoms. The van der Waals surface area contributed by atoms with Gasteiger partial charge in [0.2, 0.25) is 0 Å². The van der Waals surface area contributed by atoms with E-state index in [0.29, 0.717) is 17.9 Å². The summed E-state index contributed by atoms with van der Waals surface area (Å²) in [5.41, 5.74) is 3.68. The highest BCUT2D eigenvalue weighted by Crippen LogP contribution is 2.40. The molecule has 2 aromatic carbocycles. The average molecular weight is 461 g/mol. The smallest absolute Gasteiger partial charge is 0.182 e. The normalized spacial score (nSPS) is 18.1. The van der Waals surface area contributed by atoms with E-state index in [9.17, 15) is 9.90 Å². The number of carbonyl (C=O) groups is 1. The summed E-state index contributed by atoms with van der Waals surface area (Å²) in [5.74, 6) is 0.959. The highest BCUT2D eigenvalue weighted by Gasteiger charge is 2.34. The molecule has 1 saturated heterocycles. The van der Waals surface area contributed by atoms with Gasteiger partial charge in [-0.3, -0.25) is 10.2 Å². The van der Waals surface area contributed by atoms with Crippen molar-refractivity contribution in [1.29, 1.82) is 5.41 Å². The van der Waals surface area contributed by atoms with Crippen LogP contribution in [0.5, 0.6) is 5.75 Å². The molecule has 1 aliphatic rings. The van der Waals surface area contributed by atoms with Crippen molar-refractivity contribution in [2.24, 2.45) is 5.92 Å². The van der Waals surface area contributed by atoms with Crippen LogP contribution in [-0.4, -0.2) is 34.7 Å². The first kappa shape index (κ1) is 25.7. The lowest BCUT2D eigenvalue weighted by Gasteiger charge is -2.28. The maximum absolute atomic E-state index is 13.5. The van der Waals surface area contributed by atoms with Crippen LogP contribution in [0.25, 0.3) is 6.08 Å². The zero-order valence-corrected chi connectivity index (χ0v) is 21.8. The second kappa shape index (κ2) is 9.77. The van der Waals surface area contributed by atoms with Crippen LogP contribution in [0, 0.1) is 11.3 Å². The Labute approximate surface area is 205 Å². The summed E-state index contributed by atoms with van der Waals surface area (Å²) in [6.45, 7) is 15.3. The van der Waals surface area contributed by atoms with E-state index in [2.05, 4.69) is 66.7 Å². The third-order valence-electron chi connectivity index (χ3n) is 6.61. The Balaban J connectivity index is 1.93. The number of nitrogens with zero attached hydrogens (tertiary/aromatic N) is 1. The van der Waals surface area contributed by atoms with Gasteiger partial charge in [-0.25, -0.2) is 0 Å². The van der Waals surface area contributed by atoms with Crippen molar-refractivity contribution in [3.8, 4) is 5.75 Å². The van der Waals surface area contributed by atoms with Crippen LogP contribution in [-0.2, 0) is 10.8 Å². The lowest BCUT2D eigenvalue weighted by atomic mass is 9.78. The summed E-state index contributed by atoms with van der Waals surface area (Å²) < 4.78 is 0. The molecule has 2 aromatic rings. The van der Waals surface area contributed by atoms with Crippen LogP contribution >= 0.6 is 0 Å². The third kappa shape index (κ3) is 5.60. The molecule has 0 saturated carbocycles. The molecule has 1 atom stereocenters. The Kier molecular flexibility index (Phi) is 7.40. The minimum atomic E-state index is -0.293. The van der Waals surface area contributed by atoms with Crippen LogP contribution in [0.3, 0.4) is 0 Å². The number of aromatic hydroxyl groups is 1. The summed E-state index contributed by atoms with van der Waals surface area (Å²) >= 11 is 0. The number of Topliss-reactive ketones (excluding diaryl/α,β-unsaturated/α-hetero) is 1. The molecule has 0 amide bonds. The monoisotopic (exact) mass is 460 g/mol. The van der Waals surface area contributed by atoms with E-state index in [0.717, 1.165) is 35.1 Å². The molecule has 182 valence electrons. The van der Waals surface area contributed by atoms with E-state index in [4.69, 9.17) is 5.41 Å². The first-order valence-corrected chi connectivity index (χ1v) is 12.3. The molecular weight excluding hydrogens is 420 g/mol. The van der Waals surface area contributed by atoms with E-state index in [-0.39, 0.29) is 34.8 Å². The van der Waals surface area contributed by atoms with E-state index in [1.807, 2.05) is 35.2 Å². The molecule has 0 aliphatic carbocycles. The highest BCUT2D eigenvalue weighted by atomic mass is 16.3. The number of rotatable bonds is 6. The second-order valence-corrected chi connectivity index (χ2v) is 11.6. The van der Waals surface area contributed by atoms with E-state index < -0.39 is 0 Å². The zero-order chi connectivity index (χ0) is 25.3. The molecule has 1 heterocycles. The maximum Gasteiger partial charge on any atom is 0.182 e. The number of hydrogen-bond acceptors (Lipinski definition) is 3. The van der Waals surface area contributed by atoms with Crippen LogP contribution in [0.15, 0.2) is 48.0 Å². The van der Waals surface area contributed by atoms with Crippen LogP contribution in [0.2, 0.25) is 0 Å². The van der Waals surface area contributed by atoms with Crippen LogP contribution in [0.4, 0.5) is 0 Å². The number of benzene rings is 2. The van der Waals surface area contributed by atoms with Gasteiger partial charge in [-0.15, -0.1) is 0 Å². The summed E-state index contributed by atoms with van der Waals surface area (Å²) in [4.78, 5) is 15.4. The molecule has 1 aliphatic heterocycles. The van der Waals surface area contributed by atoms with Crippen LogP contribution in [0.1, 0.15) is 88.4 Å². The summed E-state index contributed by atoms with van der Waals surface area (Å²) in [5, 5.41) is 19.9. The minimum absolute atomic E-state index is 0.0167. The van der Waals surface area contributed by atoms with E-state index >= 15 is 0 Å². The number of phenolic OH excluding ortho intramolecular Hbond substituents is 1. The second-order valence-electron chi connectivity index (χ2n) is 11.6. The molecule has 3 rings (SSSR count). The quantitative estimate of drug-likeness (QED) is 0.458. The van der Waals surface area contributed by atoms with Gasteiger partial charge >= 0.3 is 0 Å². The summed E-state index contributed by atoms with van der Waals surface area (Å²) in [6.07, 6.45) is 4.13. The number of hydrogen-bond donors (Lipinski definition) is 2. The Morgan fingerprint density at radius 1 is 1.06 bits per heavy atom. The van der Waals surface area contributed by atoms with Gasteiger partial charge in [-0.2, -0.15) is 0 Å². The number of carbonyl (C=O) groups excluding carboxylic acids is 1. The molecule has 0 aromatic heterocycles. The summed E-state index contributed by atoms with van der Waals surface area (Å²) in [7, 11) is 0. The van der Waals surface area contributed by atoms with Crippen molar-refractivity contribution >= 4 is 17.7 Å². The van der Waals surface area contributed by atoms with Crippen molar-refractivity contribution in [3.63, 3.8) is 0 Å². The number of nitrogens with one attached hydrogen (secondary N) is 1. The number of amidine groups is 1. The van der Waals surface area contributed by atoms with Gasteiger partial charge < -0.3 is 10.0 Å². The maximum atomic E-state index is 13.5. The molecule has 4 nitrogen and oxygen atoms in total. The van der Waals surface area contributed by atoms with Gasteiger partial charge in [0.25, 0.3) is 0 Å². The van der Waals surface area contributed by atoms with E-state index in [1.54, 1.807) is 0 Å². The van der Waals surface area contributed by atoms with Gasteiger partial charge in [0, 0.05) is 29.2 Å². The third-order valence-corrected chi connectivity index (χ3v) is 6.61. The largest absolute Gasteiger partial charge is 0.507 e. The van der Waals surface area contributed by atoms with Crippen molar-refractivity contribution < 1.29 is 9.90 Å². The topological polar surface area (TPSA) is 64.4 Å². The Bertz CT molecular complexity index is 1050. The van der Waals surface area contributed by atoms with Gasteiger partial charge in [-0.05, 0) is 46.6 Å². The number of ketones is 1. The average Bonchev–Trinajstić information content (AvgIpc) is 3.02. The molecular formula is C30H40N2O2. The molecule has 34 heavy (non-hydrogen) atoms. The van der Waals surface area contributed by atoms with Crippen molar-refractivity contribution in [2.75, 3.05) is 13.1 Å². The highest BCUT2D eigenvalue weighted by molar-refractivity contribution is 6.06. The number of likely N-dealkylation sites (tertiary alicyclic amines) is 1. The Morgan fingerprint density at radius 3 is 2.12 bits per heavy atom. The van der Waals surface area contributed by atoms with Crippen molar-refractivity contribution in [2.45, 2.75) is 72.1 Å². The minimum Gasteiger partial charge on any atom is -0.507 e. The number of phenols is 1. The molecule has 0 radical (unpaired) electrons. The molecule has 0 bridgehead atoms. The molecule has 1 fully saturated rings. The van der Waals surface area contributed by atoms with E-state index in [1.165, 1.54) is 0 Å². The molecule has 1 unspecified atom stereocenters. The first-order chi connectivity index (χ1) is 15.8. The van der Waals surface area contributed by atoms with Crippen molar-refractivity contribution in [3.05, 3.63) is 70.3 Å². The zero-order valence-electron chi connectivity index (χ0n) is 21.8. The van der Waals surface area contributed by atoms with Gasteiger partial charge in [0.15, 0.2) is 5.78 Å². The van der Waals surface area contributed by atoms with Gasteiger partial charge in [0.05, 0.1) is 6.54 Å². The molecule has 4 heteroatoms. The fraction of sp³-hybridized carbons (Fsp3) is 0.467. The lowest BCUT2D eigenvalue weighted by Crippen LogP contribution is -2.31. The predicted octanol–water partition coefficient (Wildman–Crippen LogP) is 6.96. The van der Waals surface area contributed by atoms with Gasteiger partial charge in [0.1, 0.15) is 11.6 Å². The Hall–Kier alpha value is -2.88. The fourth-order valence-corrected chi connectivity index (χ4v) is 4.69. The van der Waals surface area contributed by atoms with Gasteiger partial charge in [-0.1, -0.05) is 85.2 Å². The predicted molar refractivity (Wildman–Crippen MR) is 142 cm³/mol. The van der Waals surface area contributed by atoms with Crippen molar-refractivity contribution in [1.82, 2.24) is 4.90 Å². The van der Waals surface area contributed by atoms with Crippen LogP contribution < -0.4 is 0 Å². The molecule has 2 N–H and O–H groups in total. The fourth-order valence-electron chi connectivity index (χ4n) is 4.69. The lowest BCUT2D eigenvalue weighted by molar-refractivity contribution is 0.0963. The Morgan fingerprint density at radius 2 is 1.62 bits per heavy atom. The standard InChI is InChI=1S/C30H40N2O2/c1-8-12-21-18-32(28(31)23(21)15-20-13-10-9-11-14-20)19-26(33)22-16-24(29(2,3)4)27(34)25(17-22)30(5,6)7/h9-11,13-17,21,31,34H,8,12,18-19H2,1-7H3/b23-15+,31-28?. The summed E-state index contributed by atoms with van der Waals surface area (Å²) in [6, 6.07) is 13.8. The SMILES string of the molecule is CCCC1CN(CC(=O)c2cc(C(C)(C)C)c(O)c(C(C)(C)C)c2)C(=N)/C1=C/c1ccccc1.